The van der Waals surface area contributed by atoms with E-state index in [2.05, 4.69) is 18.5 Å². The van der Waals surface area contributed by atoms with E-state index in [0.29, 0.717) is 36.7 Å². The number of carbonyl (C=O) groups is 2. The first-order valence-electron chi connectivity index (χ1n) is 13.1. The lowest BCUT2D eigenvalue weighted by atomic mass is 9.84. The number of anilines is 1. The number of nitrogens with zero attached hydrogens (tertiary/aromatic N) is 2. The summed E-state index contributed by atoms with van der Waals surface area (Å²) in [5.74, 6) is -0.493. The van der Waals surface area contributed by atoms with Crippen LogP contribution in [0, 0.1) is 19.8 Å². The highest BCUT2D eigenvalue weighted by Gasteiger charge is 2.45. The third kappa shape index (κ3) is 5.45. The standard InChI is InChI=1S/C30H34N2O5P2/c1-17-4-6-19(7-5-17)24(33)14-22-23(27-25(38)12-21(36-3)13-26(27)39)16-32(29(22)34)28-18(2)8-10-31(30(28)35)15-20-9-11-37-20/h4-8,10,12-13,20,22-23H,9,11,14-16,38-39H2,1-3H3/t20?,22-,23+/m0/s1. The molecule has 9 heteroatoms. The van der Waals surface area contributed by atoms with E-state index in [1.54, 1.807) is 22.8 Å². The number of ketones is 1. The van der Waals surface area contributed by atoms with Gasteiger partial charge in [-0.15, -0.1) is 18.5 Å². The van der Waals surface area contributed by atoms with Gasteiger partial charge in [0.15, 0.2) is 5.78 Å². The van der Waals surface area contributed by atoms with Gasteiger partial charge in [-0.05, 0) is 60.2 Å². The summed E-state index contributed by atoms with van der Waals surface area (Å²) >= 11 is 0. The average molecular weight is 565 g/mol. The van der Waals surface area contributed by atoms with E-state index in [4.69, 9.17) is 9.47 Å². The molecule has 2 fully saturated rings. The van der Waals surface area contributed by atoms with Crippen molar-refractivity contribution in [2.75, 3.05) is 25.2 Å². The molecular formula is C30H34N2O5P2. The number of pyridine rings is 1. The van der Waals surface area contributed by atoms with Crippen LogP contribution in [-0.2, 0) is 16.1 Å². The van der Waals surface area contributed by atoms with Gasteiger partial charge in [-0.3, -0.25) is 14.4 Å². The van der Waals surface area contributed by atoms with Crippen molar-refractivity contribution in [2.24, 2.45) is 5.92 Å². The molecule has 0 N–H and O–H groups in total. The molecular weight excluding hydrogens is 530 g/mol. The van der Waals surface area contributed by atoms with Crippen LogP contribution in [0.2, 0.25) is 0 Å². The smallest absolute Gasteiger partial charge is 0.274 e. The van der Waals surface area contributed by atoms with Crippen molar-refractivity contribution < 1.29 is 19.1 Å². The lowest BCUT2D eigenvalue weighted by Crippen LogP contribution is -2.39. The summed E-state index contributed by atoms with van der Waals surface area (Å²) in [4.78, 5) is 42.8. The van der Waals surface area contributed by atoms with Gasteiger partial charge in [0.25, 0.3) is 5.56 Å². The summed E-state index contributed by atoms with van der Waals surface area (Å²) in [7, 11) is 7.11. The zero-order valence-corrected chi connectivity index (χ0v) is 24.8. The van der Waals surface area contributed by atoms with Crippen LogP contribution in [-0.4, -0.2) is 42.6 Å². The van der Waals surface area contributed by atoms with E-state index in [1.165, 1.54) is 0 Å². The van der Waals surface area contributed by atoms with Crippen LogP contribution in [0.4, 0.5) is 5.69 Å². The van der Waals surface area contributed by atoms with E-state index in [9.17, 15) is 14.4 Å². The van der Waals surface area contributed by atoms with Crippen molar-refractivity contribution in [3.05, 3.63) is 81.3 Å². The Labute approximate surface area is 233 Å². The van der Waals surface area contributed by atoms with Crippen molar-refractivity contribution in [2.45, 2.75) is 45.3 Å². The van der Waals surface area contributed by atoms with Crippen LogP contribution >= 0.6 is 18.5 Å². The van der Waals surface area contributed by atoms with Gasteiger partial charge in [0.2, 0.25) is 5.91 Å². The number of Topliss-reactive ketones (excluding diaryl/α,β-unsaturated/α-hetero) is 1. The molecule has 5 rings (SSSR count). The highest BCUT2D eigenvalue weighted by atomic mass is 31.0. The molecule has 1 amide bonds. The zero-order chi connectivity index (χ0) is 27.8. The van der Waals surface area contributed by atoms with E-state index in [0.717, 1.165) is 33.7 Å². The number of benzene rings is 2. The fraction of sp³-hybridized carbons (Fsp3) is 0.367. The van der Waals surface area contributed by atoms with Crippen molar-refractivity contribution in [1.29, 1.82) is 0 Å². The largest absolute Gasteiger partial charge is 0.497 e. The van der Waals surface area contributed by atoms with Crippen molar-refractivity contribution in [1.82, 2.24) is 4.57 Å². The number of amides is 1. The lowest BCUT2D eigenvalue weighted by molar-refractivity contribution is -0.120. The van der Waals surface area contributed by atoms with Crippen molar-refractivity contribution >= 4 is 46.5 Å². The molecule has 5 atom stereocenters. The average Bonchev–Trinajstić information content (AvgIpc) is 3.17. The molecule has 2 aromatic carbocycles. The second-order valence-electron chi connectivity index (χ2n) is 10.5. The molecule has 2 aliphatic rings. The molecule has 0 bridgehead atoms. The van der Waals surface area contributed by atoms with Crippen molar-refractivity contribution in [3.8, 4) is 5.75 Å². The maximum Gasteiger partial charge on any atom is 0.274 e. The van der Waals surface area contributed by atoms with Gasteiger partial charge in [0.1, 0.15) is 11.4 Å². The maximum absolute atomic E-state index is 14.1. The summed E-state index contributed by atoms with van der Waals surface area (Å²) in [6, 6.07) is 13.1. The summed E-state index contributed by atoms with van der Waals surface area (Å²) in [5, 5.41) is 1.80. The minimum absolute atomic E-state index is 0.0128. The van der Waals surface area contributed by atoms with Crippen LogP contribution in [0.3, 0.4) is 0 Å². The van der Waals surface area contributed by atoms with Crippen LogP contribution in [0.25, 0.3) is 0 Å². The molecule has 204 valence electrons. The normalized spacial score (nSPS) is 20.7. The van der Waals surface area contributed by atoms with E-state index in [-0.39, 0.29) is 35.7 Å². The van der Waals surface area contributed by atoms with Crippen molar-refractivity contribution in [3.63, 3.8) is 0 Å². The number of hydrogen-bond acceptors (Lipinski definition) is 5. The molecule has 3 unspecified atom stereocenters. The van der Waals surface area contributed by atoms with Gasteiger partial charge < -0.3 is 18.9 Å². The Bertz CT molecular complexity index is 1460. The number of rotatable bonds is 8. The summed E-state index contributed by atoms with van der Waals surface area (Å²) in [5.41, 5.74) is 3.50. The Balaban J connectivity index is 1.55. The molecule has 3 heterocycles. The van der Waals surface area contributed by atoms with Gasteiger partial charge in [0, 0.05) is 37.3 Å². The Hall–Kier alpha value is -2.85. The number of methoxy groups -OCH3 is 1. The first-order valence-corrected chi connectivity index (χ1v) is 14.3. The minimum atomic E-state index is -0.617. The maximum atomic E-state index is 14.1. The van der Waals surface area contributed by atoms with Crippen LogP contribution in [0.1, 0.15) is 45.8 Å². The zero-order valence-electron chi connectivity index (χ0n) is 22.5. The molecule has 7 nitrogen and oxygen atoms in total. The lowest BCUT2D eigenvalue weighted by Gasteiger charge is -2.28. The predicted octanol–water partition coefficient (Wildman–Crippen LogP) is 3.28. The second-order valence-corrected chi connectivity index (χ2v) is 11.7. The molecule has 39 heavy (non-hydrogen) atoms. The van der Waals surface area contributed by atoms with Crippen LogP contribution in [0.15, 0.2) is 53.5 Å². The fourth-order valence-corrected chi connectivity index (χ4v) is 6.81. The van der Waals surface area contributed by atoms with Gasteiger partial charge >= 0.3 is 0 Å². The van der Waals surface area contributed by atoms with Gasteiger partial charge in [-0.2, -0.15) is 0 Å². The molecule has 1 aromatic heterocycles. The molecule has 2 saturated heterocycles. The van der Waals surface area contributed by atoms with Gasteiger partial charge in [-0.25, -0.2) is 0 Å². The number of aryl methyl sites for hydroxylation is 2. The first-order chi connectivity index (χ1) is 18.7. The molecule has 0 spiro atoms. The Morgan fingerprint density at radius 3 is 2.33 bits per heavy atom. The third-order valence-electron chi connectivity index (χ3n) is 7.86. The number of carbonyl (C=O) groups excluding carboxylic acids is 2. The highest BCUT2D eigenvalue weighted by molar-refractivity contribution is 7.29. The quantitative estimate of drug-likeness (QED) is 0.310. The first kappa shape index (κ1) is 27.7. The van der Waals surface area contributed by atoms with E-state index < -0.39 is 5.92 Å². The topological polar surface area (TPSA) is 77.8 Å². The summed E-state index contributed by atoms with van der Waals surface area (Å²) in [6.07, 6.45) is 2.75. The Morgan fingerprint density at radius 2 is 1.74 bits per heavy atom. The number of hydrogen-bond donors (Lipinski definition) is 0. The highest BCUT2D eigenvalue weighted by Crippen LogP contribution is 2.39. The molecule has 2 aliphatic heterocycles. The van der Waals surface area contributed by atoms with Gasteiger partial charge in [-0.1, -0.05) is 29.8 Å². The second kappa shape index (κ2) is 11.3. The fourth-order valence-electron chi connectivity index (χ4n) is 5.56. The van der Waals surface area contributed by atoms with Crippen LogP contribution < -0.4 is 25.8 Å². The molecule has 0 radical (unpaired) electrons. The van der Waals surface area contributed by atoms with E-state index in [1.807, 2.05) is 56.3 Å². The van der Waals surface area contributed by atoms with E-state index >= 15 is 0 Å². The summed E-state index contributed by atoms with van der Waals surface area (Å²) < 4.78 is 12.6. The van der Waals surface area contributed by atoms with Gasteiger partial charge in [0.05, 0.1) is 25.7 Å². The number of ether oxygens (including phenoxy) is 2. The predicted molar refractivity (Wildman–Crippen MR) is 160 cm³/mol. The molecule has 0 aliphatic carbocycles. The monoisotopic (exact) mass is 564 g/mol. The molecule has 3 aromatic rings. The SMILES string of the molecule is COc1cc(P)c([C@@H]2CN(c3c(C)ccn(CC4CCO4)c3=O)C(=O)[C@H]2CC(=O)c2ccc(C)cc2)c(P)c1. The minimum Gasteiger partial charge on any atom is -0.497 e. The Kier molecular flexibility index (Phi) is 8.05. The van der Waals surface area contributed by atoms with Crippen LogP contribution in [0.5, 0.6) is 5.75 Å². The summed E-state index contributed by atoms with van der Waals surface area (Å²) in [6.45, 7) is 5.29. The Morgan fingerprint density at radius 1 is 1.08 bits per heavy atom. The number of aromatic nitrogens is 1. The molecule has 0 saturated carbocycles. The third-order valence-corrected chi connectivity index (χ3v) is 8.81.